The van der Waals surface area contributed by atoms with Crippen molar-refractivity contribution in [3.8, 4) is 5.75 Å². The van der Waals surface area contributed by atoms with Crippen LogP contribution < -0.4 is 20.3 Å². The van der Waals surface area contributed by atoms with Crippen molar-refractivity contribution in [2.75, 3.05) is 29.9 Å². The molecule has 0 unspecified atom stereocenters. The Morgan fingerprint density at radius 1 is 1.18 bits per heavy atom. The van der Waals surface area contributed by atoms with Crippen LogP contribution in [0.15, 0.2) is 24.3 Å². The first-order valence-electron chi connectivity index (χ1n) is 10.2. The van der Waals surface area contributed by atoms with Gasteiger partial charge in [0.25, 0.3) is 5.91 Å². The molecule has 0 bridgehead atoms. The number of ether oxygens (including phenoxy) is 1. The van der Waals surface area contributed by atoms with E-state index in [9.17, 15) is 4.79 Å². The molecular weight excluding hydrogens is 352 g/mol. The number of nitrogens with one attached hydrogen (secondary N) is 2. The standard InChI is InChI=1S/C22H26N4O2/c1-14-11-18-20(13-24-22(18)27)25-21(14)26-9-6-16(7-10-26)28-17-4-5-19-15(12-17)3-2-8-23-19/h4-5,11-12,16,23H,2-3,6-10,13H2,1H3,(H,24,27). The summed E-state index contributed by atoms with van der Waals surface area (Å²) in [6.45, 7) is 5.48. The third kappa shape index (κ3) is 3.17. The molecule has 3 aliphatic heterocycles. The largest absolute Gasteiger partial charge is 0.490 e. The molecule has 0 aliphatic carbocycles. The van der Waals surface area contributed by atoms with Gasteiger partial charge in [0, 0.05) is 38.2 Å². The highest BCUT2D eigenvalue weighted by Gasteiger charge is 2.26. The molecule has 0 radical (unpaired) electrons. The Kier molecular flexibility index (Phi) is 4.34. The van der Waals surface area contributed by atoms with Crippen LogP contribution in [0.3, 0.4) is 0 Å². The number of hydrogen-bond acceptors (Lipinski definition) is 5. The number of benzene rings is 1. The van der Waals surface area contributed by atoms with Gasteiger partial charge in [-0.1, -0.05) is 0 Å². The lowest BCUT2D eigenvalue weighted by molar-refractivity contribution is 0.0965. The molecule has 1 aromatic carbocycles. The maximum Gasteiger partial charge on any atom is 0.253 e. The van der Waals surface area contributed by atoms with Gasteiger partial charge in [-0.2, -0.15) is 0 Å². The molecule has 1 aromatic heterocycles. The Morgan fingerprint density at radius 3 is 2.89 bits per heavy atom. The molecule has 5 rings (SSSR count). The Balaban J connectivity index is 1.24. The van der Waals surface area contributed by atoms with Gasteiger partial charge in [-0.25, -0.2) is 4.98 Å². The summed E-state index contributed by atoms with van der Waals surface area (Å²) in [5.41, 5.74) is 5.27. The number of anilines is 2. The predicted octanol–water partition coefficient (Wildman–Crippen LogP) is 3.04. The molecule has 4 heterocycles. The lowest BCUT2D eigenvalue weighted by atomic mass is 10.0. The van der Waals surface area contributed by atoms with Crippen LogP contribution in [0.5, 0.6) is 5.75 Å². The average molecular weight is 378 g/mol. The molecule has 28 heavy (non-hydrogen) atoms. The minimum absolute atomic E-state index is 0.00972. The van der Waals surface area contributed by atoms with Crippen LogP contribution in [0.4, 0.5) is 11.5 Å². The number of amides is 1. The Morgan fingerprint density at radius 2 is 2.04 bits per heavy atom. The molecule has 2 N–H and O–H groups in total. The lowest BCUT2D eigenvalue weighted by Gasteiger charge is -2.34. The summed E-state index contributed by atoms with van der Waals surface area (Å²) in [4.78, 5) is 18.9. The SMILES string of the molecule is Cc1cc2c(nc1N1CCC(Oc3ccc4c(c3)CCCN4)CC1)CNC2=O. The van der Waals surface area contributed by atoms with Crippen LogP contribution >= 0.6 is 0 Å². The maximum atomic E-state index is 11.8. The number of nitrogens with zero attached hydrogens (tertiary/aromatic N) is 2. The third-order valence-corrected chi connectivity index (χ3v) is 5.99. The topological polar surface area (TPSA) is 66.5 Å². The van der Waals surface area contributed by atoms with E-state index in [4.69, 9.17) is 9.72 Å². The van der Waals surface area contributed by atoms with E-state index in [-0.39, 0.29) is 12.0 Å². The molecule has 0 atom stereocenters. The molecule has 1 fully saturated rings. The number of hydrogen-bond donors (Lipinski definition) is 2. The Labute approximate surface area is 165 Å². The van der Waals surface area contributed by atoms with E-state index in [0.29, 0.717) is 6.54 Å². The van der Waals surface area contributed by atoms with E-state index in [1.807, 2.05) is 13.0 Å². The van der Waals surface area contributed by atoms with Gasteiger partial charge in [0.15, 0.2) is 0 Å². The number of carbonyl (C=O) groups excluding carboxylic acids is 1. The number of pyridine rings is 1. The van der Waals surface area contributed by atoms with Crippen LogP contribution in [0.2, 0.25) is 0 Å². The van der Waals surface area contributed by atoms with Crippen molar-refractivity contribution in [2.45, 2.75) is 45.3 Å². The van der Waals surface area contributed by atoms with E-state index in [1.54, 1.807) is 0 Å². The summed E-state index contributed by atoms with van der Waals surface area (Å²) in [5, 5.41) is 6.30. The van der Waals surface area contributed by atoms with Crippen molar-refractivity contribution >= 4 is 17.4 Å². The van der Waals surface area contributed by atoms with Gasteiger partial charge < -0.3 is 20.3 Å². The second-order valence-corrected chi connectivity index (χ2v) is 7.96. The zero-order valence-electron chi connectivity index (χ0n) is 16.3. The Hall–Kier alpha value is -2.76. The monoisotopic (exact) mass is 378 g/mol. The maximum absolute atomic E-state index is 11.8. The third-order valence-electron chi connectivity index (χ3n) is 5.99. The first-order valence-corrected chi connectivity index (χ1v) is 10.2. The molecule has 3 aliphatic rings. The molecule has 6 heteroatoms. The summed E-state index contributed by atoms with van der Waals surface area (Å²) >= 11 is 0. The number of carbonyl (C=O) groups is 1. The highest BCUT2D eigenvalue weighted by Crippen LogP contribution is 2.30. The fraction of sp³-hybridized carbons (Fsp3) is 0.455. The minimum Gasteiger partial charge on any atom is -0.490 e. The number of aromatic nitrogens is 1. The normalized spacial score (nSPS) is 18.9. The molecule has 146 valence electrons. The molecule has 6 nitrogen and oxygen atoms in total. The van der Waals surface area contributed by atoms with Gasteiger partial charge in [0.1, 0.15) is 17.7 Å². The summed E-state index contributed by atoms with van der Waals surface area (Å²) in [6, 6.07) is 8.40. The van der Waals surface area contributed by atoms with Gasteiger partial charge in [0.2, 0.25) is 0 Å². The lowest BCUT2D eigenvalue weighted by Crippen LogP contribution is -2.39. The van der Waals surface area contributed by atoms with E-state index < -0.39 is 0 Å². The molecular formula is C22H26N4O2. The number of fused-ring (bicyclic) bond motifs is 2. The summed E-state index contributed by atoms with van der Waals surface area (Å²) in [5.74, 6) is 1.98. The Bertz CT molecular complexity index is 919. The second-order valence-electron chi connectivity index (χ2n) is 7.96. The number of piperidine rings is 1. The summed E-state index contributed by atoms with van der Waals surface area (Å²) in [7, 11) is 0. The van der Waals surface area contributed by atoms with Crippen LogP contribution in [0.25, 0.3) is 0 Å². The first-order chi connectivity index (χ1) is 13.7. The van der Waals surface area contributed by atoms with Crippen molar-refractivity contribution in [1.82, 2.24) is 10.3 Å². The quantitative estimate of drug-likeness (QED) is 0.859. The first kappa shape index (κ1) is 17.3. The van der Waals surface area contributed by atoms with E-state index >= 15 is 0 Å². The smallest absolute Gasteiger partial charge is 0.253 e. The van der Waals surface area contributed by atoms with Gasteiger partial charge in [0.05, 0.1) is 17.8 Å². The molecule has 2 aromatic rings. The zero-order chi connectivity index (χ0) is 19.1. The van der Waals surface area contributed by atoms with E-state index in [1.165, 1.54) is 17.7 Å². The second kappa shape index (κ2) is 7.00. The van der Waals surface area contributed by atoms with Crippen molar-refractivity contribution in [3.63, 3.8) is 0 Å². The average Bonchev–Trinajstić information content (AvgIpc) is 3.08. The van der Waals surface area contributed by atoms with Gasteiger partial charge in [-0.05, 0) is 55.2 Å². The minimum atomic E-state index is -0.00972. The van der Waals surface area contributed by atoms with Crippen LogP contribution in [-0.2, 0) is 13.0 Å². The number of rotatable bonds is 3. The van der Waals surface area contributed by atoms with Crippen LogP contribution in [0.1, 0.15) is 46.4 Å². The summed E-state index contributed by atoms with van der Waals surface area (Å²) in [6.07, 6.45) is 4.50. The molecule has 1 amide bonds. The summed E-state index contributed by atoms with van der Waals surface area (Å²) < 4.78 is 6.29. The van der Waals surface area contributed by atoms with Crippen LogP contribution in [-0.4, -0.2) is 36.6 Å². The molecule has 0 saturated carbocycles. The molecule has 1 saturated heterocycles. The fourth-order valence-electron chi connectivity index (χ4n) is 4.45. The zero-order valence-corrected chi connectivity index (χ0v) is 16.3. The van der Waals surface area contributed by atoms with E-state index in [2.05, 4.69) is 33.7 Å². The van der Waals surface area contributed by atoms with Gasteiger partial charge in [-0.15, -0.1) is 0 Å². The van der Waals surface area contributed by atoms with Crippen molar-refractivity contribution < 1.29 is 9.53 Å². The van der Waals surface area contributed by atoms with Gasteiger partial charge >= 0.3 is 0 Å². The molecule has 0 spiro atoms. The van der Waals surface area contributed by atoms with Gasteiger partial charge in [-0.3, -0.25) is 4.79 Å². The van der Waals surface area contributed by atoms with E-state index in [0.717, 1.165) is 67.3 Å². The van der Waals surface area contributed by atoms with Crippen molar-refractivity contribution in [3.05, 3.63) is 46.6 Å². The van der Waals surface area contributed by atoms with Crippen molar-refractivity contribution in [1.29, 1.82) is 0 Å². The highest BCUT2D eigenvalue weighted by molar-refractivity contribution is 5.98. The van der Waals surface area contributed by atoms with Crippen molar-refractivity contribution in [2.24, 2.45) is 0 Å². The number of aryl methyl sites for hydroxylation is 2. The highest BCUT2D eigenvalue weighted by atomic mass is 16.5. The predicted molar refractivity (Wildman–Crippen MR) is 109 cm³/mol. The van der Waals surface area contributed by atoms with Crippen LogP contribution in [0, 0.1) is 6.92 Å². The fourth-order valence-corrected chi connectivity index (χ4v) is 4.45.